The van der Waals surface area contributed by atoms with Crippen molar-refractivity contribution in [3.63, 3.8) is 0 Å². The summed E-state index contributed by atoms with van der Waals surface area (Å²) in [5.41, 5.74) is 8.40. The molecule has 0 radical (unpaired) electrons. The van der Waals surface area contributed by atoms with Gasteiger partial charge in [-0.05, 0) is 29.1 Å². The van der Waals surface area contributed by atoms with Gasteiger partial charge in [-0.2, -0.15) is 16.4 Å². The Hall–Kier alpha value is -2.47. The molecule has 0 aliphatic carbocycles. The van der Waals surface area contributed by atoms with E-state index in [9.17, 15) is 4.39 Å². The average Bonchev–Trinajstić information content (AvgIpc) is 3.08. The van der Waals surface area contributed by atoms with Crippen molar-refractivity contribution in [2.24, 2.45) is 5.10 Å². The van der Waals surface area contributed by atoms with Crippen molar-refractivity contribution in [3.8, 4) is 11.3 Å². The van der Waals surface area contributed by atoms with E-state index in [-0.39, 0.29) is 5.82 Å². The number of benzene rings is 1. The minimum atomic E-state index is -0.274. The molecule has 4 nitrogen and oxygen atoms in total. The SMILES string of the molecule is Nc1nc(-c2ccsc2)cn1/N=C/c1ccc(F)cc1. The number of nitrogen functional groups attached to an aromatic ring is 1. The van der Waals surface area contributed by atoms with E-state index >= 15 is 0 Å². The van der Waals surface area contributed by atoms with Crippen LogP contribution in [0.1, 0.15) is 5.56 Å². The predicted octanol–water partition coefficient (Wildman–Crippen LogP) is 3.22. The molecule has 0 unspecified atom stereocenters. The van der Waals surface area contributed by atoms with E-state index in [1.807, 2.05) is 16.8 Å². The zero-order chi connectivity index (χ0) is 13.9. The monoisotopic (exact) mass is 286 g/mol. The molecule has 20 heavy (non-hydrogen) atoms. The van der Waals surface area contributed by atoms with Crippen LogP contribution in [0.4, 0.5) is 10.3 Å². The van der Waals surface area contributed by atoms with Gasteiger partial charge in [-0.15, -0.1) is 0 Å². The zero-order valence-electron chi connectivity index (χ0n) is 10.4. The smallest absolute Gasteiger partial charge is 0.221 e. The Morgan fingerprint density at radius 3 is 2.75 bits per heavy atom. The van der Waals surface area contributed by atoms with Crippen LogP contribution in [-0.2, 0) is 0 Å². The van der Waals surface area contributed by atoms with Crippen LogP contribution in [0.5, 0.6) is 0 Å². The summed E-state index contributed by atoms with van der Waals surface area (Å²) >= 11 is 1.60. The van der Waals surface area contributed by atoms with E-state index < -0.39 is 0 Å². The zero-order valence-corrected chi connectivity index (χ0v) is 11.2. The molecular weight excluding hydrogens is 275 g/mol. The number of imidazole rings is 1. The van der Waals surface area contributed by atoms with Gasteiger partial charge in [0.1, 0.15) is 5.82 Å². The summed E-state index contributed by atoms with van der Waals surface area (Å²) in [4.78, 5) is 4.25. The number of nitrogens with zero attached hydrogens (tertiary/aromatic N) is 3. The highest BCUT2D eigenvalue weighted by atomic mass is 32.1. The molecule has 3 aromatic rings. The predicted molar refractivity (Wildman–Crippen MR) is 79.3 cm³/mol. The van der Waals surface area contributed by atoms with Gasteiger partial charge in [0, 0.05) is 10.9 Å². The van der Waals surface area contributed by atoms with Crippen molar-refractivity contribution in [3.05, 3.63) is 58.7 Å². The Balaban J connectivity index is 1.86. The van der Waals surface area contributed by atoms with Crippen molar-refractivity contribution in [1.82, 2.24) is 9.66 Å². The normalized spacial score (nSPS) is 11.2. The molecule has 2 N–H and O–H groups in total. The second kappa shape index (κ2) is 5.26. The van der Waals surface area contributed by atoms with Crippen LogP contribution < -0.4 is 5.73 Å². The molecule has 6 heteroatoms. The summed E-state index contributed by atoms with van der Waals surface area (Å²) in [7, 11) is 0. The third kappa shape index (κ3) is 2.60. The molecule has 0 aliphatic heterocycles. The number of anilines is 1. The molecule has 0 aliphatic rings. The first-order chi connectivity index (χ1) is 9.72. The van der Waals surface area contributed by atoms with E-state index in [1.165, 1.54) is 16.8 Å². The van der Waals surface area contributed by atoms with Crippen LogP contribution in [0.15, 0.2) is 52.4 Å². The molecule has 0 amide bonds. The second-order valence-electron chi connectivity index (χ2n) is 4.14. The van der Waals surface area contributed by atoms with E-state index in [0.29, 0.717) is 5.95 Å². The summed E-state index contributed by atoms with van der Waals surface area (Å²) in [5.74, 6) is 0.0357. The molecule has 0 spiro atoms. The lowest BCUT2D eigenvalue weighted by Gasteiger charge is -1.95. The van der Waals surface area contributed by atoms with Gasteiger partial charge in [0.25, 0.3) is 0 Å². The van der Waals surface area contributed by atoms with Crippen molar-refractivity contribution < 1.29 is 4.39 Å². The third-order valence-electron chi connectivity index (χ3n) is 2.73. The molecule has 0 saturated carbocycles. The summed E-state index contributed by atoms with van der Waals surface area (Å²) in [6.07, 6.45) is 3.37. The molecule has 1 aromatic carbocycles. The fourth-order valence-electron chi connectivity index (χ4n) is 1.70. The fraction of sp³-hybridized carbons (Fsp3) is 0. The minimum absolute atomic E-state index is 0.274. The topological polar surface area (TPSA) is 56.2 Å². The molecule has 3 rings (SSSR count). The number of aromatic nitrogens is 2. The lowest BCUT2D eigenvalue weighted by molar-refractivity contribution is 0.628. The highest BCUT2D eigenvalue weighted by molar-refractivity contribution is 7.08. The maximum absolute atomic E-state index is 12.8. The lowest BCUT2D eigenvalue weighted by atomic mass is 10.2. The number of rotatable bonds is 3. The second-order valence-corrected chi connectivity index (χ2v) is 4.92. The van der Waals surface area contributed by atoms with E-state index in [0.717, 1.165) is 16.8 Å². The first kappa shape index (κ1) is 12.6. The molecule has 2 heterocycles. The van der Waals surface area contributed by atoms with Gasteiger partial charge in [0.05, 0.1) is 18.1 Å². The first-order valence-electron chi connectivity index (χ1n) is 5.90. The average molecular weight is 286 g/mol. The molecular formula is C14H11FN4S. The van der Waals surface area contributed by atoms with Gasteiger partial charge < -0.3 is 5.73 Å². The quantitative estimate of drug-likeness (QED) is 0.752. The van der Waals surface area contributed by atoms with Gasteiger partial charge in [-0.25, -0.2) is 14.1 Å². The van der Waals surface area contributed by atoms with Gasteiger partial charge in [-0.1, -0.05) is 12.1 Å². The number of nitrogens with two attached hydrogens (primary N) is 1. The van der Waals surface area contributed by atoms with Crippen molar-refractivity contribution in [2.75, 3.05) is 5.73 Å². The van der Waals surface area contributed by atoms with Gasteiger partial charge in [0.15, 0.2) is 0 Å². The number of thiophene rings is 1. The maximum Gasteiger partial charge on any atom is 0.221 e. The maximum atomic E-state index is 12.8. The Labute approximate surface area is 119 Å². The van der Waals surface area contributed by atoms with Crippen LogP contribution in [0.2, 0.25) is 0 Å². The highest BCUT2D eigenvalue weighted by Crippen LogP contribution is 2.22. The molecule has 0 fully saturated rings. The standard InChI is InChI=1S/C14H11FN4S/c15-12-3-1-10(2-4-12)7-17-19-8-13(18-14(19)16)11-5-6-20-9-11/h1-9H,(H2,16,18)/b17-7+. The summed E-state index contributed by atoms with van der Waals surface area (Å²) in [6.45, 7) is 0. The van der Waals surface area contributed by atoms with Crippen LogP contribution in [0.3, 0.4) is 0 Å². The van der Waals surface area contributed by atoms with Gasteiger partial charge in [-0.3, -0.25) is 0 Å². The minimum Gasteiger partial charge on any atom is -0.368 e. The Bertz CT molecular complexity index is 729. The van der Waals surface area contributed by atoms with Crippen LogP contribution in [0.25, 0.3) is 11.3 Å². The first-order valence-corrected chi connectivity index (χ1v) is 6.84. The van der Waals surface area contributed by atoms with E-state index in [4.69, 9.17) is 5.73 Å². The summed E-state index contributed by atoms with van der Waals surface area (Å²) in [6, 6.07) is 8.03. The molecule has 0 saturated heterocycles. The molecule has 2 aromatic heterocycles. The lowest BCUT2D eigenvalue weighted by Crippen LogP contribution is -1.96. The van der Waals surface area contributed by atoms with Crippen LogP contribution in [0, 0.1) is 5.82 Å². The van der Waals surface area contributed by atoms with E-state index in [1.54, 1.807) is 35.9 Å². The summed E-state index contributed by atoms with van der Waals surface area (Å²) < 4.78 is 14.3. The largest absolute Gasteiger partial charge is 0.368 e. The van der Waals surface area contributed by atoms with Crippen LogP contribution >= 0.6 is 11.3 Å². The molecule has 0 atom stereocenters. The molecule has 100 valence electrons. The van der Waals surface area contributed by atoms with Gasteiger partial charge in [0.2, 0.25) is 5.95 Å². The van der Waals surface area contributed by atoms with Crippen molar-refractivity contribution in [2.45, 2.75) is 0 Å². The Morgan fingerprint density at radius 1 is 1.25 bits per heavy atom. The number of hydrogen-bond donors (Lipinski definition) is 1. The van der Waals surface area contributed by atoms with E-state index in [2.05, 4.69) is 10.1 Å². The Morgan fingerprint density at radius 2 is 2.05 bits per heavy atom. The number of hydrogen-bond acceptors (Lipinski definition) is 4. The van der Waals surface area contributed by atoms with Crippen molar-refractivity contribution >= 4 is 23.5 Å². The molecule has 0 bridgehead atoms. The number of halogens is 1. The van der Waals surface area contributed by atoms with Gasteiger partial charge >= 0.3 is 0 Å². The Kier molecular flexibility index (Phi) is 3.30. The summed E-state index contributed by atoms with van der Waals surface area (Å²) in [5, 5.41) is 8.20. The van der Waals surface area contributed by atoms with Crippen LogP contribution in [-0.4, -0.2) is 15.9 Å². The van der Waals surface area contributed by atoms with Crippen molar-refractivity contribution in [1.29, 1.82) is 0 Å². The fourth-order valence-corrected chi connectivity index (χ4v) is 2.35. The highest BCUT2D eigenvalue weighted by Gasteiger charge is 2.06. The third-order valence-corrected chi connectivity index (χ3v) is 3.42.